The van der Waals surface area contributed by atoms with Gasteiger partial charge in [0.1, 0.15) is 0 Å². The highest BCUT2D eigenvalue weighted by Gasteiger charge is 2.08. The smallest absolute Gasteiger partial charge is 0.466 e. The maximum absolute atomic E-state index is 10.0. The van der Waals surface area contributed by atoms with E-state index in [9.17, 15) is 14.4 Å². The van der Waals surface area contributed by atoms with Gasteiger partial charge < -0.3 is 24.4 Å². The van der Waals surface area contributed by atoms with Crippen LogP contribution in [0.25, 0.3) is 0 Å². The highest BCUT2D eigenvalue weighted by molar-refractivity contribution is 5.70. The molecule has 1 aliphatic rings. The van der Waals surface area contributed by atoms with E-state index in [4.69, 9.17) is 10.2 Å². The Morgan fingerprint density at radius 2 is 1.61 bits per heavy atom. The fourth-order valence-electron chi connectivity index (χ4n) is 0.998. The molecule has 1 rings (SSSR count). The van der Waals surface area contributed by atoms with Crippen molar-refractivity contribution in [3.05, 3.63) is 0 Å². The number of carbonyl (C=O) groups excluding carboxylic acids is 1. The van der Waals surface area contributed by atoms with Gasteiger partial charge in [-0.25, -0.2) is 9.59 Å². The van der Waals surface area contributed by atoms with E-state index in [1.165, 1.54) is 0 Å². The van der Waals surface area contributed by atoms with Crippen LogP contribution in [-0.2, 0) is 19.0 Å². The summed E-state index contributed by atoms with van der Waals surface area (Å²) in [5, 5.41) is 16.0. The monoisotopic (exact) mass is 264 g/mol. The van der Waals surface area contributed by atoms with Gasteiger partial charge in [-0.3, -0.25) is 4.79 Å². The van der Waals surface area contributed by atoms with E-state index >= 15 is 0 Å². The quantitative estimate of drug-likeness (QED) is 0.435. The third kappa shape index (κ3) is 12.1. The summed E-state index contributed by atoms with van der Waals surface area (Å²) in [5.74, 6) is -0.0463. The van der Waals surface area contributed by atoms with Crippen molar-refractivity contribution >= 4 is 18.3 Å². The molecule has 0 spiro atoms. The van der Waals surface area contributed by atoms with Crippen molar-refractivity contribution in [1.82, 2.24) is 0 Å². The standard InChI is InChI=1S/C6H10O6.C4H6O2/c7-5(8)11-3-1-2-4-12-6(9)10;5-4-2-1-3-6-4/h1-4H2,(H,7,8)(H,9,10);1-3H2. The molecular weight excluding hydrogens is 248 g/mol. The van der Waals surface area contributed by atoms with Gasteiger partial charge in [-0.2, -0.15) is 0 Å². The van der Waals surface area contributed by atoms with Gasteiger partial charge in [0.2, 0.25) is 0 Å². The van der Waals surface area contributed by atoms with Crippen molar-refractivity contribution < 1.29 is 38.8 Å². The van der Waals surface area contributed by atoms with Gasteiger partial charge in [-0.05, 0) is 19.3 Å². The molecule has 1 fully saturated rings. The molecule has 8 heteroatoms. The van der Waals surface area contributed by atoms with E-state index in [-0.39, 0.29) is 19.2 Å². The van der Waals surface area contributed by atoms with Crippen LogP contribution in [0.1, 0.15) is 25.7 Å². The van der Waals surface area contributed by atoms with Gasteiger partial charge in [0.15, 0.2) is 0 Å². The second kappa shape index (κ2) is 10.2. The Morgan fingerprint density at radius 3 is 1.83 bits per heavy atom. The van der Waals surface area contributed by atoms with Gasteiger partial charge in [0, 0.05) is 6.42 Å². The van der Waals surface area contributed by atoms with Crippen LogP contribution >= 0.6 is 0 Å². The number of rotatable bonds is 5. The first kappa shape index (κ1) is 16.0. The number of carboxylic acid groups (broad SMARTS) is 2. The topological polar surface area (TPSA) is 119 Å². The number of cyclic esters (lactones) is 1. The molecule has 18 heavy (non-hydrogen) atoms. The first-order chi connectivity index (χ1) is 8.52. The number of unbranched alkanes of at least 4 members (excludes halogenated alkanes) is 1. The van der Waals surface area contributed by atoms with Gasteiger partial charge in [0.05, 0.1) is 19.8 Å². The van der Waals surface area contributed by atoms with E-state index in [0.717, 1.165) is 6.42 Å². The fraction of sp³-hybridized carbons (Fsp3) is 0.700. The molecule has 0 aromatic carbocycles. The maximum Gasteiger partial charge on any atom is 0.505 e. The van der Waals surface area contributed by atoms with Crippen LogP contribution in [-0.4, -0.2) is 48.3 Å². The van der Waals surface area contributed by atoms with Crippen molar-refractivity contribution in [2.75, 3.05) is 19.8 Å². The largest absolute Gasteiger partial charge is 0.505 e. The van der Waals surface area contributed by atoms with Crippen LogP contribution in [0.4, 0.5) is 9.59 Å². The Hall–Kier alpha value is -1.99. The molecule has 1 aliphatic heterocycles. The fourth-order valence-corrected chi connectivity index (χ4v) is 0.998. The van der Waals surface area contributed by atoms with E-state index in [1.54, 1.807) is 0 Å². The number of hydrogen-bond acceptors (Lipinski definition) is 6. The molecule has 1 heterocycles. The lowest BCUT2D eigenvalue weighted by Crippen LogP contribution is -2.05. The average Bonchev–Trinajstić information content (AvgIpc) is 2.74. The van der Waals surface area contributed by atoms with Crippen molar-refractivity contribution in [3.63, 3.8) is 0 Å². The average molecular weight is 264 g/mol. The Balaban J connectivity index is 0.000000397. The Bertz CT molecular complexity index is 249. The van der Waals surface area contributed by atoms with Crippen molar-refractivity contribution in [1.29, 1.82) is 0 Å². The minimum atomic E-state index is -1.32. The molecule has 0 bridgehead atoms. The Morgan fingerprint density at radius 1 is 1.11 bits per heavy atom. The molecule has 0 aromatic rings. The molecule has 0 saturated carbocycles. The Labute approximate surface area is 103 Å². The molecule has 1 saturated heterocycles. The molecule has 0 unspecified atom stereocenters. The predicted molar refractivity (Wildman–Crippen MR) is 57.4 cm³/mol. The lowest BCUT2D eigenvalue weighted by molar-refractivity contribution is -0.137. The molecule has 0 atom stereocenters. The highest BCUT2D eigenvalue weighted by Crippen LogP contribution is 2.01. The number of hydrogen-bond donors (Lipinski definition) is 2. The lowest BCUT2D eigenvalue weighted by Gasteiger charge is -2.00. The summed E-state index contributed by atoms with van der Waals surface area (Å²) in [5.41, 5.74) is 0. The van der Waals surface area contributed by atoms with E-state index < -0.39 is 12.3 Å². The van der Waals surface area contributed by atoms with E-state index in [2.05, 4.69) is 14.2 Å². The summed E-state index contributed by atoms with van der Waals surface area (Å²) in [4.78, 5) is 29.6. The zero-order valence-electron chi connectivity index (χ0n) is 9.79. The van der Waals surface area contributed by atoms with Crippen molar-refractivity contribution in [2.24, 2.45) is 0 Å². The van der Waals surface area contributed by atoms with Gasteiger partial charge in [-0.15, -0.1) is 0 Å². The second-order valence-corrected chi connectivity index (χ2v) is 3.26. The molecule has 0 aliphatic carbocycles. The molecule has 0 radical (unpaired) electrons. The second-order valence-electron chi connectivity index (χ2n) is 3.26. The number of ether oxygens (including phenoxy) is 3. The van der Waals surface area contributed by atoms with Gasteiger partial charge in [0.25, 0.3) is 0 Å². The molecular formula is C10H16O8. The third-order valence-corrected chi connectivity index (χ3v) is 1.78. The summed E-state index contributed by atoms with van der Waals surface area (Å²) in [7, 11) is 0. The predicted octanol–water partition coefficient (Wildman–Crippen LogP) is 1.48. The Kier molecular flexibility index (Phi) is 9.06. The number of esters is 1. The summed E-state index contributed by atoms with van der Waals surface area (Å²) in [6.07, 6.45) is -0.193. The molecule has 8 nitrogen and oxygen atoms in total. The van der Waals surface area contributed by atoms with Crippen LogP contribution < -0.4 is 0 Å². The first-order valence-corrected chi connectivity index (χ1v) is 5.39. The van der Waals surface area contributed by atoms with Gasteiger partial charge in [-0.1, -0.05) is 0 Å². The molecule has 104 valence electrons. The van der Waals surface area contributed by atoms with Crippen molar-refractivity contribution in [2.45, 2.75) is 25.7 Å². The lowest BCUT2D eigenvalue weighted by atomic mass is 10.3. The molecule has 2 N–H and O–H groups in total. The van der Waals surface area contributed by atoms with Crippen molar-refractivity contribution in [3.8, 4) is 0 Å². The summed E-state index contributed by atoms with van der Waals surface area (Å²) in [6, 6.07) is 0. The first-order valence-electron chi connectivity index (χ1n) is 5.39. The number of carbonyl (C=O) groups is 3. The minimum Gasteiger partial charge on any atom is -0.466 e. The highest BCUT2D eigenvalue weighted by atomic mass is 16.7. The van der Waals surface area contributed by atoms with Crippen LogP contribution in [0.3, 0.4) is 0 Å². The zero-order chi connectivity index (χ0) is 13.8. The van der Waals surface area contributed by atoms with Gasteiger partial charge >= 0.3 is 18.3 Å². The zero-order valence-corrected chi connectivity index (χ0v) is 9.79. The SMILES string of the molecule is O=C(O)OCCCCOC(=O)O.O=C1CCCO1. The van der Waals surface area contributed by atoms with Crippen LogP contribution in [0.5, 0.6) is 0 Å². The van der Waals surface area contributed by atoms with Crippen LogP contribution in [0, 0.1) is 0 Å². The minimum absolute atomic E-state index is 0.0463. The van der Waals surface area contributed by atoms with Crippen LogP contribution in [0.15, 0.2) is 0 Å². The van der Waals surface area contributed by atoms with E-state index in [1.807, 2.05) is 0 Å². The third-order valence-electron chi connectivity index (χ3n) is 1.78. The molecule has 0 amide bonds. The molecule has 0 aromatic heterocycles. The normalized spacial score (nSPS) is 13.0. The maximum atomic E-state index is 10.0. The summed E-state index contributed by atoms with van der Waals surface area (Å²) >= 11 is 0. The summed E-state index contributed by atoms with van der Waals surface area (Å²) in [6.45, 7) is 0.773. The van der Waals surface area contributed by atoms with Crippen LogP contribution in [0.2, 0.25) is 0 Å². The van der Waals surface area contributed by atoms with E-state index in [0.29, 0.717) is 25.9 Å². The summed E-state index contributed by atoms with van der Waals surface area (Å²) < 4.78 is 12.8.